The highest BCUT2D eigenvalue weighted by Gasteiger charge is 2.32. The van der Waals surface area contributed by atoms with E-state index in [1.165, 1.54) is 13.3 Å². The number of carbonyl (C=O) groups is 2. The van der Waals surface area contributed by atoms with Gasteiger partial charge in [0.1, 0.15) is 5.25 Å². The van der Waals surface area contributed by atoms with Crippen molar-refractivity contribution in [2.75, 3.05) is 21.2 Å². The van der Waals surface area contributed by atoms with Crippen LogP contribution >= 0.6 is 11.8 Å². The zero-order chi connectivity index (χ0) is 19.3. The molecule has 0 saturated carbocycles. The van der Waals surface area contributed by atoms with Crippen molar-refractivity contribution in [3.63, 3.8) is 0 Å². The predicted octanol–water partition coefficient (Wildman–Crippen LogP) is 0.859. The van der Waals surface area contributed by atoms with E-state index in [0.29, 0.717) is 23.4 Å². The SMILES string of the molecule is COc1cc(C=NN=C2NC(=O)C(CC(=O)O)S2)cc(CN(C)C)c1O. The number of hydrogen-bond donors (Lipinski definition) is 3. The number of methoxy groups -OCH3 is 1. The van der Waals surface area contributed by atoms with E-state index in [1.807, 2.05) is 19.0 Å². The van der Waals surface area contributed by atoms with Crippen molar-refractivity contribution in [3.05, 3.63) is 23.3 Å². The molecule has 1 unspecified atom stereocenters. The maximum Gasteiger partial charge on any atom is 0.305 e. The molecule has 1 saturated heterocycles. The Kier molecular flexibility index (Phi) is 6.58. The Morgan fingerprint density at radius 1 is 1.46 bits per heavy atom. The number of nitrogens with one attached hydrogen (secondary N) is 1. The van der Waals surface area contributed by atoms with Gasteiger partial charge in [0.2, 0.25) is 5.91 Å². The number of rotatable bonds is 7. The Morgan fingerprint density at radius 3 is 2.81 bits per heavy atom. The molecule has 1 amide bonds. The molecule has 0 spiro atoms. The number of carbonyl (C=O) groups excluding carboxylic acids is 1. The van der Waals surface area contributed by atoms with Crippen LogP contribution in [0.25, 0.3) is 0 Å². The molecule has 0 aromatic heterocycles. The van der Waals surface area contributed by atoms with Gasteiger partial charge < -0.3 is 25.2 Å². The van der Waals surface area contributed by atoms with Crippen molar-refractivity contribution in [1.82, 2.24) is 10.2 Å². The number of ether oxygens (including phenoxy) is 1. The average Bonchev–Trinajstić information content (AvgIpc) is 2.88. The van der Waals surface area contributed by atoms with Gasteiger partial charge in [0.25, 0.3) is 0 Å². The summed E-state index contributed by atoms with van der Waals surface area (Å²) in [5.41, 5.74) is 1.34. The summed E-state index contributed by atoms with van der Waals surface area (Å²) >= 11 is 1.03. The van der Waals surface area contributed by atoms with Gasteiger partial charge in [-0.05, 0) is 31.8 Å². The van der Waals surface area contributed by atoms with Gasteiger partial charge in [0, 0.05) is 12.1 Å². The molecule has 140 valence electrons. The molecule has 1 aliphatic heterocycles. The molecular weight excluding hydrogens is 360 g/mol. The first-order valence-corrected chi connectivity index (χ1v) is 8.53. The topological polar surface area (TPSA) is 124 Å². The van der Waals surface area contributed by atoms with Crippen LogP contribution in [0, 0.1) is 0 Å². The summed E-state index contributed by atoms with van der Waals surface area (Å²) in [6.45, 7) is 0.515. The van der Waals surface area contributed by atoms with E-state index in [1.54, 1.807) is 12.1 Å². The molecule has 0 bridgehead atoms. The van der Waals surface area contributed by atoms with Crippen molar-refractivity contribution < 1.29 is 24.5 Å². The summed E-state index contributed by atoms with van der Waals surface area (Å²) in [6.07, 6.45) is 1.19. The zero-order valence-corrected chi connectivity index (χ0v) is 15.4. The minimum Gasteiger partial charge on any atom is -0.504 e. The van der Waals surface area contributed by atoms with Crippen LogP contribution < -0.4 is 10.1 Å². The molecule has 1 aromatic rings. The van der Waals surface area contributed by atoms with E-state index in [2.05, 4.69) is 15.5 Å². The highest BCUT2D eigenvalue weighted by Crippen LogP contribution is 2.31. The van der Waals surface area contributed by atoms with Crippen molar-refractivity contribution >= 4 is 35.0 Å². The fourth-order valence-corrected chi connectivity index (χ4v) is 3.19. The lowest BCUT2D eigenvalue weighted by molar-refractivity contribution is -0.138. The van der Waals surface area contributed by atoms with E-state index in [-0.39, 0.29) is 17.3 Å². The Balaban J connectivity index is 2.15. The predicted molar refractivity (Wildman–Crippen MR) is 98.9 cm³/mol. The molecule has 1 fully saturated rings. The lowest BCUT2D eigenvalue weighted by Gasteiger charge is -2.14. The summed E-state index contributed by atoms with van der Waals surface area (Å²) in [7, 11) is 5.22. The summed E-state index contributed by atoms with van der Waals surface area (Å²) < 4.78 is 5.17. The first-order chi connectivity index (χ1) is 12.3. The van der Waals surface area contributed by atoms with Crippen molar-refractivity contribution in [2.45, 2.75) is 18.2 Å². The third-order valence-corrected chi connectivity index (χ3v) is 4.45. The lowest BCUT2D eigenvalue weighted by Crippen LogP contribution is -2.26. The van der Waals surface area contributed by atoms with Crippen LogP contribution in [0.1, 0.15) is 17.5 Å². The van der Waals surface area contributed by atoms with Gasteiger partial charge in [-0.15, -0.1) is 5.10 Å². The summed E-state index contributed by atoms with van der Waals surface area (Å²) in [5, 5.41) is 28.8. The van der Waals surface area contributed by atoms with Crippen LogP contribution in [0.4, 0.5) is 0 Å². The Bertz CT molecular complexity index is 763. The molecule has 1 aliphatic rings. The quantitative estimate of drug-likeness (QED) is 0.473. The van der Waals surface area contributed by atoms with Gasteiger partial charge in [0.05, 0.1) is 19.7 Å². The molecule has 1 aromatic carbocycles. The number of carboxylic acid groups (broad SMARTS) is 1. The number of hydrogen-bond acceptors (Lipinski definition) is 8. The number of amidine groups is 1. The van der Waals surface area contributed by atoms with Gasteiger partial charge in [-0.25, -0.2) is 0 Å². The second-order valence-corrected chi connectivity index (χ2v) is 7.00. The van der Waals surface area contributed by atoms with Crippen LogP contribution in [0.5, 0.6) is 11.5 Å². The Hall–Kier alpha value is -2.59. The molecule has 3 N–H and O–H groups in total. The third kappa shape index (κ3) is 5.20. The van der Waals surface area contributed by atoms with E-state index in [0.717, 1.165) is 11.8 Å². The molecule has 9 nitrogen and oxygen atoms in total. The van der Waals surface area contributed by atoms with Crippen LogP contribution in [0.3, 0.4) is 0 Å². The number of thioether (sulfide) groups is 1. The van der Waals surface area contributed by atoms with E-state index in [9.17, 15) is 14.7 Å². The number of amides is 1. The summed E-state index contributed by atoms with van der Waals surface area (Å²) in [4.78, 5) is 24.3. The number of phenolic OH excluding ortho intramolecular Hbond substituents is 1. The summed E-state index contributed by atoms with van der Waals surface area (Å²) in [6, 6.07) is 3.38. The molecule has 2 rings (SSSR count). The van der Waals surface area contributed by atoms with Gasteiger partial charge in [0.15, 0.2) is 16.7 Å². The van der Waals surface area contributed by atoms with Crippen LogP contribution in [0.2, 0.25) is 0 Å². The molecule has 10 heteroatoms. The molecule has 1 atom stereocenters. The lowest BCUT2D eigenvalue weighted by atomic mass is 10.1. The number of benzene rings is 1. The van der Waals surface area contributed by atoms with Crippen LogP contribution in [0.15, 0.2) is 22.3 Å². The standard InChI is InChI=1S/C16H20N4O5S/c1-20(2)8-10-4-9(5-11(25-3)14(10)23)7-17-19-16-18-15(24)12(26-16)6-13(21)22/h4-5,7,12,23H,6,8H2,1-3H3,(H,21,22)(H,18,19,24). The van der Waals surface area contributed by atoms with Gasteiger partial charge >= 0.3 is 5.97 Å². The maximum atomic E-state index is 11.6. The second-order valence-electron chi connectivity index (χ2n) is 5.81. The number of phenols is 1. The zero-order valence-electron chi connectivity index (χ0n) is 14.6. The monoisotopic (exact) mass is 380 g/mol. The normalized spacial score (nSPS) is 18.7. The van der Waals surface area contributed by atoms with E-state index >= 15 is 0 Å². The Labute approximate surface area is 154 Å². The molecule has 0 aliphatic carbocycles. The molecular formula is C16H20N4O5S. The number of aromatic hydroxyl groups is 1. The van der Waals surface area contributed by atoms with Crippen LogP contribution in [-0.4, -0.2) is 64.8 Å². The fourth-order valence-electron chi connectivity index (χ4n) is 2.27. The van der Waals surface area contributed by atoms with Gasteiger partial charge in [-0.1, -0.05) is 11.8 Å². The summed E-state index contributed by atoms with van der Waals surface area (Å²) in [5.74, 6) is -1.05. The molecule has 1 heterocycles. The maximum absolute atomic E-state index is 11.6. The second kappa shape index (κ2) is 8.68. The van der Waals surface area contributed by atoms with E-state index in [4.69, 9.17) is 9.84 Å². The Morgan fingerprint density at radius 2 is 2.19 bits per heavy atom. The first-order valence-electron chi connectivity index (χ1n) is 7.65. The highest BCUT2D eigenvalue weighted by atomic mass is 32.2. The number of aliphatic carboxylic acids is 1. The average molecular weight is 380 g/mol. The van der Waals surface area contributed by atoms with Crippen molar-refractivity contribution in [1.29, 1.82) is 0 Å². The minimum atomic E-state index is -1.05. The fraction of sp³-hybridized carbons (Fsp3) is 0.375. The van der Waals surface area contributed by atoms with Gasteiger partial charge in [-0.2, -0.15) is 5.10 Å². The minimum absolute atomic E-state index is 0.0692. The van der Waals surface area contributed by atoms with Crippen molar-refractivity contribution in [2.24, 2.45) is 10.2 Å². The largest absolute Gasteiger partial charge is 0.504 e. The highest BCUT2D eigenvalue weighted by molar-refractivity contribution is 8.15. The number of carboxylic acids is 1. The third-order valence-electron chi connectivity index (χ3n) is 3.37. The van der Waals surface area contributed by atoms with Crippen LogP contribution in [-0.2, 0) is 16.1 Å². The van der Waals surface area contributed by atoms with Crippen molar-refractivity contribution in [3.8, 4) is 11.5 Å². The number of nitrogens with zero attached hydrogens (tertiary/aromatic N) is 3. The first kappa shape index (κ1) is 19.7. The molecule has 26 heavy (non-hydrogen) atoms. The van der Waals surface area contributed by atoms with E-state index < -0.39 is 17.1 Å². The van der Waals surface area contributed by atoms with Gasteiger partial charge in [-0.3, -0.25) is 9.59 Å². The smallest absolute Gasteiger partial charge is 0.305 e. The molecule has 0 radical (unpaired) electrons.